The summed E-state index contributed by atoms with van der Waals surface area (Å²) in [5.74, 6) is -0.0283. The third-order valence-corrected chi connectivity index (χ3v) is 1.68. The van der Waals surface area contributed by atoms with Crippen LogP contribution in [0, 0.1) is 0 Å². The molecular formula is C7H8ClF. The number of rotatable bonds is 0. The summed E-state index contributed by atoms with van der Waals surface area (Å²) in [6, 6.07) is 0. The van der Waals surface area contributed by atoms with Crippen molar-refractivity contribution in [1.29, 1.82) is 0 Å². The maximum absolute atomic E-state index is 12.5. The van der Waals surface area contributed by atoms with Crippen LogP contribution < -0.4 is 0 Å². The van der Waals surface area contributed by atoms with Crippen molar-refractivity contribution in [2.75, 3.05) is 0 Å². The third-order valence-electron chi connectivity index (χ3n) is 1.38. The molecule has 0 atom stereocenters. The van der Waals surface area contributed by atoms with Crippen LogP contribution in [0.15, 0.2) is 22.5 Å². The normalized spacial score (nSPS) is 20.1. The Kier molecular flexibility index (Phi) is 1.91. The molecule has 50 valence electrons. The first-order valence-electron chi connectivity index (χ1n) is 2.91. The van der Waals surface area contributed by atoms with E-state index in [-0.39, 0.29) is 5.83 Å². The first-order valence-corrected chi connectivity index (χ1v) is 3.29. The second-order valence-corrected chi connectivity index (χ2v) is 2.66. The highest BCUT2D eigenvalue weighted by molar-refractivity contribution is 6.29. The molecule has 0 aromatic carbocycles. The van der Waals surface area contributed by atoms with Gasteiger partial charge in [-0.15, -0.1) is 0 Å². The van der Waals surface area contributed by atoms with Gasteiger partial charge < -0.3 is 0 Å². The van der Waals surface area contributed by atoms with Crippen molar-refractivity contribution in [2.24, 2.45) is 0 Å². The predicted molar refractivity (Wildman–Crippen MR) is 37.0 cm³/mol. The Balaban J connectivity index is 2.83. The lowest BCUT2D eigenvalue weighted by molar-refractivity contribution is 0.576. The molecule has 0 amide bonds. The third kappa shape index (κ3) is 1.55. The van der Waals surface area contributed by atoms with Crippen LogP contribution in [0.2, 0.25) is 0 Å². The van der Waals surface area contributed by atoms with Crippen molar-refractivity contribution in [1.82, 2.24) is 0 Å². The molecule has 0 radical (unpaired) electrons. The maximum Gasteiger partial charge on any atom is 0.103 e. The van der Waals surface area contributed by atoms with Gasteiger partial charge in [0.05, 0.1) is 0 Å². The predicted octanol–water partition coefficient (Wildman–Crippen LogP) is 3.15. The lowest BCUT2D eigenvalue weighted by Gasteiger charge is -2.06. The van der Waals surface area contributed by atoms with Crippen LogP contribution in [0.5, 0.6) is 0 Å². The van der Waals surface area contributed by atoms with Crippen LogP contribution in [0.4, 0.5) is 4.39 Å². The van der Waals surface area contributed by atoms with E-state index >= 15 is 0 Å². The van der Waals surface area contributed by atoms with Gasteiger partial charge in [0.15, 0.2) is 0 Å². The summed E-state index contributed by atoms with van der Waals surface area (Å²) in [6.07, 6.45) is 2.81. The van der Waals surface area contributed by atoms with Crippen molar-refractivity contribution < 1.29 is 4.39 Å². The Hall–Kier alpha value is -0.300. The van der Waals surface area contributed by atoms with E-state index in [0.29, 0.717) is 18.4 Å². The quantitative estimate of drug-likeness (QED) is 0.493. The highest BCUT2D eigenvalue weighted by atomic mass is 35.5. The van der Waals surface area contributed by atoms with E-state index in [1.54, 1.807) is 13.0 Å². The van der Waals surface area contributed by atoms with Gasteiger partial charge in [-0.2, -0.15) is 0 Å². The minimum absolute atomic E-state index is 0.0283. The van der Waals surface area contributed by atoms with Crippen LogP contribution in [0.3, 0.4) is 0 Å². The largest absolute Gasteiger partial charge is 0.212 e. The minimum Gasteiger partial charge on any atom is -0.212 e. The van der Waals surface area contributed by atoms with E-state index in [9.17, 15) is 4.39 Å². The van der Waals surface area contributed by atoms with Gasteiger partial charge in [-0.25, -0.2) is 4.39 Å². The molecule has 1 aliphatic rings. The van der Waals surface area contributed by atoms with Crippen LogP contribution in [-0.2, 0) is 0 Å². The van der Waals surface area contributed by atoms with Gasteiger partial charge in [-0.1, -0.05) is 11.6 Å². The molecule has 2 heteroatoms. The summed E-state index contributed by atoms with van der Waals surface area (Å²) in [7, 11) is 0. The van der Waals surface area contributed by atoms with E-state index in [1.165, 1.54) is 0 Å². The van der Waals surface area contributed by atoms with Crippen molar-refractivity contribution in [3.05, 3.63) is 22.5 Å². The first-order chi connectivity index (χ1) is 4.20. The van der Waals surface area contributed by atoms with Crippen LogP contribution in [-0.4, -0.2) is 0 Å². The van der Waals surface area contributed by atoms with E-state index in [0.717, 1.165) is 5.03 Å². The Morgan fingerprint density at radius 3 is 2.67 bits per heavy atom. The van der Waals surface area contributed by atoms with Gasteiger partial charge in [0.1, 0.15) is 5.83 Å². The number of allylic oxidation sites excluding steroid dienone is 4. The lowest BCUT2D eigenvalue weighted by Crippen LogP contribution is -1.88. The molecule has 0 saturated heterocycles. The number of halogens is 2. The van der Waals surface area contributed by atoms with Crippen molar-refractivity contribution in [2.45, 2.75) is 19.8 Å². The summed E-state index contributed by atoms with van der Waals surface area (Å²) >= 11 is 5.64. The molecule has 0 saturated carbocycles. The summed E-state index contributed by atoms with van der Waals surface area (Å²) in [5.41, 5.74) is 0.672. The van der Waals surface area contributed by atoms with Crippen molar-refractivity contribution in [3.63, 3.8) is 0 Å². The van der Waals surface area contributed by atoms with Gasteiger partial charge in [0, 0.05) is 11.5 Å². The fourth-order valence-electron chi connectivity index (χ4n) is 0.812. The molecule has 0 aromatic rings. The summed E-state index contributed by atoms with van der Waals surface area (Å²) in [6.45, 7) is 1.73. The Morgan fingerprint density at radius 2 is 2.22 bits per heavy atom. The highest BCUT2D eigenvalue weighted by Crippen LogP contribution is 2.26. The average Bonchev–Trinajstić information content (AvgIpc) is 1.80. The van der Waals surface area contributed by atoms with Crippen LogP contribution in [0.1, 0.15) is 19.8 Å². The standard InChI is InChI=1S/C7H8ClF/c1-5-4-6(8)2-3-7(5)9/h4H,2-3H2,1H3. The molecule has 0 N–H and O–H groups in total. The summed E-state index contributed by atoms with van der Waals surface area (Å²) in [4.78, 5) is 0. The Morgan fingerprint density at radius 1 is 1.56 bits per heavy atom. The zero-order valence-corrected chi connectivity index (χ0v) is 6.00. The zero-order valence-electron chi connectivity index (χ0n) is 5.25. The molecule has 0 nitrogen and oxygen atoms in total. The van der Waals surface area contributed by atoms with Gasteiger partial charge >= 0.3 is 0 Å². The Bertz CT molecular complexity index is 179. The molecule has 0 unspecified atom stereocenters. The monoisotopic (exact) mass is 146 g/mol. The smallest absolute Gasteiger partial charge is 0.103 e. The fourth-order valence-corrected chi connectivity index (χ4v) is 1.07. The molecule has 1 aliphatic carbocycles. The average molecular weight is 147 g/mol. The number of hydrogen-bond donors (Lipinski definition) is 0. The van der Waals surface area contributed by atoms with Gasteiger partial charge in [-0.05, 0) is 25.0 Å². The molecule has 0 spiro atoms. The molecule has 9 heavy (non-hydrogen) atoms. The topological polar surface area (TPSA) is 0 Å². The zero-order chi connectivity index (χ0) is 6.85. The molecule has 0 fully saturated rings. The van der Waals surface area contributed by atoms with Crippen LogP contribution >= 0.6 is 11.6 Å². The molecule has 0 bridgehead atoms. The van der Waals surface area contributed by atoms with E-state index in [4.69, 9.17) is 11.6 Å². The first kappa shape index (κ1) is 6.81. The van der Waals surface area contributed by atoms with Gasteiger partial charge in [0.25, 0.3) is 0 Å². The maximum atomic E-state index is 12.5. The fraction of sp³-hybridized carbons (Fsp3) is 0.429. The molecule has 0 aliphatic heterocycles. The van der Waals surface area contributed by atoms with Gasteiger partial charge in [0.2, 0.25) is 0 Å². The molecule has 0 aromatic heterocycles. The highest BCUT2D eigenvalue weighted by Gasteiger charge is 2.07. The molecular weight excluding hydrogens is 139 g/mol. The van der Waals surface area contributed by atoms with E-state index in [1.807, 2.05) is 0 Å². The number of hydrogen-bond acceptors (Lipinski definition) is 0. The van der Waals surface area contributed by atoms with Crippen molar-refractivity contribution >= 4 is 11.6 Å². The molecule has 1 rings (SSSR count). The second kappa shape index (κ2) is 2.53. The van der Waals surface area contributed by atoms with Crippen LogP contribution in [0.25, 0.3) is 0 Å². The van der Waals surface area contributed by atoms with E-state index in [2.05, 4.69) is 0 Å². The van der Waals surface area contributed by atoms with Gasteiger partial charge in [-0.3, -0.25) is 0 Å². The SMILES string of the molecule is CC1=C(F)CCC(Cl)=C1. The molecule has 0 heterocycles. The lowest BCUT2D eigenvalue weighted by atomic mass is 10.1. The van der Waals surface area contributed by atoms with Crippen molar-refractivity contribution in [3.8, 4) is 0 Å². The Labute approximate surface area is 59.0 Å². The van der Waals surface area contributed by atoms with E-state index < -0.39 is 0 Å². The minimum atomic E-state index is -0.0283. The summed E-state index contributed by atoms with van der Waals surface area (Å²) < 4.78 is 12.5. The second-order valence-electron chi connectivity index (χ2n) is 2.18. The summed E-state index contributed by atoms with van der Waals surface area (Å²) in [5, 5.41) is 0.758.